The van der Waals surface area contributed by atoms with Crippen LogP contribution in [0.15, 0.2) is 12.1 Å². The van der Waals surface area contributed by atoms with E-state index in [0.717, 1.165) is 19.3 Å². The molecular formula is C16H20N4O4. The highest BCUT2D eigenvalue weighted by Gasteiger charge is 2.19. The summed E-state index contributed by atoms with van der Waals surface area (Å²) in [6.07, 6.45) is 2.80. The van der Waals surface area contributed by atoms with Crippen molar-refractivity contribution in [1.29, 1.82) is 0 Å². The number of nitrogens with one attached hydrogen (secondary N) is 1. The van der Waals surface area contributed by atoms with Gasteiger partial charge in [0, 0.05) is 19.2 Å². The van der Waals surface area contributed by atoms with Gasteiger partial charge in [0.15, 0.2) is 5.65 Å². The van der Waals surface area contributed by atoms with E-state index in [1.165, 1.54) is 0 Å². The van der Waals surface area contributed by atoms with Crippen LogP contribution in [0.4, 0.5) is 4.79 Å². The average molecular weight is 332 g/mol. The van der Waals surface area contributed by atoms with Crippen molar-refractivity contribution in [3.05, 3.63) is 18.0 Å². The highest BCUT2D eigenvalue weighted by atomic mass is 16.6. The summed E-state index contributed by atoms with van der Waals surface area (Å²) in [6, 6.07) is 3.33. The number of likely N-dealkylation sites (tertiary alicyclic amines) is 1. The van der Waals surface area contributed by atoms with Crippen LogP contribution in [0, 0.1) is 0 Å². The SMILES string of the molecule is CCOC(=O)Cc1nc2nc(OC(=O)N3CCCCC3)ccc2[nH]1. The van der Waals surface area contributed by atoms with Crippen molar-refractivity contribution in [3.63, 3.8) is 0 Å². The lowest BCUT2D eigenvalue weighted by atomic mass is 10.1. The van der Waals surface area contributed by atoms with Crippen molar-refractivity contribution in [2.24, 2.45) is 0 Å². The molecule has 0 atom stereocenters. The van der Waals surface area contributed by atoms with Gasteiger partial charge in [0.05, 0.1) is 12.1 Å². The largest absolute Gasteiger partial charge is 0.466 e. The summed E-state index contributed by atoms with van der Waals surface area (Å²) in [4.78, 5) is 36.8. The van der Waals surface area contributed by atoms with Crippen molar-refractivity contribution in [1.82, 2.24) is 19.9 Å². The van der Waals surface area contributed by atoms with Crippen LogP contribution >= 0.6 is 0 Å². The number of carbonyl (C=O) groups excluding carboxylic acids is 2. The molecule has 0 saturated carbocycles. The zero-order valence-corrected chi connectivity index (χ0v) is 13.6. The number of piperidine rings is 1. The Labute approximate surface area is 139 Å². The van der Waals surface area contributed by atoms with Crippen LogP contribution in [0.3, 0.4) is 0 Å². The van der Waals surface area contributed by atoms with Gasteiger partial charge in [0.2, 0.25) is 5.88 Å². The zero-order valence-electron chi connectivity index (χ0n) is 13.6. The number of H-pyrrole nitrogens is 1. The molecule has 1 saturated heterocycles. The van der Waals surface area contributed by atoms with Gasteiger partial charge in [-0.05, 0) is 32.3 Å². The minimum Gasteiger partial charge on any atom is -0.466 e. The first-order valence-electron chi connectivity index (χ1n) is 8.13. The number of aromatic amines is 1. The molecule has 0 bridgehead atoms. The van der Waals surface area contributed by atoms with E-state index in [9.17, 15) is 9.59 Å². The summed E-state index contributed by atoms with van der Waals surface area (Å²) >= 11 is 0. The van der Waals surface area contributed by atoms with Gasteiger partial charge in [-0.15, -0.1) is 0 Å². The predicted molar refractivity (Wildman–Crippen MR) is 85.7 cm³/mol. The van der Waals surface area contributed by atoms with Gasteiger partial charge in [-0.2, -0.15) is 4.98 Å². The number of rotatable bonds is 4. The highest BCUT2D eigenvalue weighted by Crippen LogP contribution is 2.17. The Kier molecular flexibility index (Phi) is 4.93. The molecule has 0 radical (unpaired) electrons. The smallest absolute Gasteiger partial charge is 0.416 e. The van der Waals surface area contributed by atoms with Crippen LogP contribution in [-0.4, -0.2) is 51.6 Å². The summed E-state index contributed by atoms with van der Waals surface area (Å²) in [5, 5.41) is 0. The number of hydrogen-bond donors (Lipinski definition) is 1. The van der Waals surface area contributed by atoms with Gasteiger partial charge < -0.3 is 19.4 Å². The number of carbonyl (C=O) groups is 2. The lowest BCUT2D eigenvalue weighted by molar-refractivity contribution is -0.142. The Balaban J connectivity index is 1.68. The van der Waals surface area contributed by atoms with E-state index >= 15 is 0 Å². The second-order valence-electron chi connectivity index (χ2n) is 5.60. The molecule has 0 unspecified atom stereocenters. The first-order valence-corrected chi connectivity index (χ1v) is 8.13. The Morgan fingerprint density at radius 3 is 2.75 bits per heavy atom. The highest BCUT2D eigenvalue weighted by molar-refractivity contribution is 5.76. The van der Waals surface area contributed by atoms with E-state index in [-0.39, 0.29) is 24.4 Å². The van der Waals surface area contributed by atoms with E-state index in [1.807, 2.05) is 0 Å². The third kappa shape index (κ3) is 3.81. The zero-order chi connectivity index (χ0) is 16.9. The number of aromatic nitrogens is 3. The van der Waals surface area contributed by atoms with E-state index in [4.69, 9.17) is 9.47 Å². The second-order valence-corrected chi connectivity index (χ2v) is 5.60. The molecule has 2 aromatic rings. The molecular weight excluding hydrogens is 312 g/mol. The Morgan fingerprint density at radius 2 is 2.00 bits per heavy atom. The maximum absolute atomic E-state index is 12.1. The summed E-state index contributed by atoms with van der Waals surface area (Å²) in [5.41, 5.74) is 1.07. The molecule has 24 heavy (non-hydrogen) atoms. The molecule has 1 aliphatic heterocycles. The van der Waals surface area contributed by atoms with E-state index in [0.29, 0.717) is 36.7 Å². The third-order valence-corrected chi connectivity index (χ3v) is 3.79. The number of pyridine rings is 1. The molecule has 2 aromatic heterocycles. The summed E-state index contributed by atoms with van der Waals surface area (Å²) in [5.74, 6) is 0.316. The van der Waals surface area contributed by atoms with Gasteiger partial charge in [-0.1, -0.05) is 0 Å². The summed E-state index contributed by atoms with van der Waals surface area (Å²) < 4.78 is 10.2. The number of ether oxygens (including phenoxy) is 2. The van der Waals surface area contributed by atoms with Crippen LogP contribution in [0.5, 0.6) is 5.88 Å². The number of esters is 1. The maximum atomic E-state index is 12.1. The van der Waals surface area contributed by atoms with Crippen molar-refractivity contribution >= 4 is 23.2 Å². The van der Waals surface area contributed by atoms with Gasteiger partial charge in [-0.25, -0.2) is 9.78 Å². The van der Waals surface area contributed by atoms with Crippen molar-refractivity contribution < 1.29 is 19.1 Å². The van der Waals surface area contributed by atoms with E-state index in [2.05, 4.69) is 15.0 Å². The first kappa shape index (κ1) is 16.2. The third-order valence-electron chi connectivity index (χ3n) is 3.79. The van der Waals surface area contributed by atoms with Crippen molar-refractivity contribution in [3.8, 4) is 5.88 Å². The summed E-state index contributed by atoms with van der Waals surface area (Å²) in [7, 11) is 0. The molecule has 0 spiro atoms. The fourth-order valence-corrected chi connectivity index (χ4v) is 2.64. The predicted octanol–water partition coefficient (Wildman–Crippen LogP) is 2.05. The molecule has 128 valence electrons. The van der Waals surface area contributed by atoms with Crippen LogP contribution < -0.4 is 4.74 Å². The van der Waals surface area contributed by atoms with Crippen LogP contribution in [-0.2, 0) is 16.0 Å². The Morgan fingerprint density at radius 1 is 1.21 bits per heavy atom. The molecule has 0 aromatic carbocycles. The molecule has 1 N–H and O–H groups in total. The first-order chi connectivity index (χ1) is 11.7. The Bertz CT molecular complexity index is 737. The molecule has 8 nitrogen and oxygen atoms in total. The fraction of sp³-hybridized carbons (Fsp3) is 0.500. The molecule has 3 rings (SSSR count). The summed E-state index contributed by atoms with van der Waals surface area (Å²) in [6.45, 7) is 3.51. The van der Waals surface area contributed by atoms with Gasteiger partial charge in [0.25, 0.3) is 0 Å². The molecule has 8 heteroatoms. The number of fused-ring (bicyclic) bond motifs is 1. The van der Waals surface area contributed by atoms with Crippen molar-refractivity contribution in [2.75, 3.05) is 19.7 Å². The molecule has 1 fully saturated rings. The van der Waals surface area contributed by atoms with Crippen LogP contribution in [0.2, 0.25) is 0 Å². The van der Waals surface area contributed by atoms with Crippen molar-refractivity contribution in [2.45, 2.75) is 32.6 Å². The lowest BCUT2D eigenvalue weighted by Crippen LogP contribution is -2.37. The molecule has 1 amide bonds. The van der Waals surface area contributed by atoms with E-state index in [1.54, 1.807) is 24.0 Å². The second kappa shape index (κ2) is 7.29. The topological polar surface area (TPSA) is 97.4 Å². The van der Waals surface area contributed by atoms with Gasteiger partial charge in [0.1, 0.15) is 12.2 Å². The van der Waals surface area contributed by atoms with E-state index < -0.39 is 0 Å². The van der Waals surface area contributed by atoms with Crippen LogP contribution in [0.1, 0.15) is 32.0 Å². The van der Waals surface area contributed by atoms with Gasteiger partial charge >= 0.3 is 12.1 Å². The number of nitrogens with zero attached hydrogens (tertiary/aromatic N) is 3. The van der Waals surface area contributed by atoms with Crippen LogP contribution in [0.25, 0.3) is 11.2 Å². The van der Waals surface area contributed by atoms with Gasteiger partial charge in [-0.3, -0.25) is 4.79 Å². The molecule has 3 heterocycles. The molecule has 1 aliphatic rings. The monoisotopic (exact) mass is 332 g/mol. The quantitative estimate of drug-likeness (QED) is 0.861. The average Bonchev–Trinajstić information content (AvgIpc) is 2.97. The lowest BCUT2D eigenvalue weighted by Gasteiger charge is -2.25. The number of amides is 1. The minimum absolute atomic E-state index is 0.0487. The molecule has 0 aliphatic carbocycles. The number of imidazole rings is 1. The minimum atomic E-state index is -0.385. The maximum Gasteiger partial charge on any atom is 0.416 e. The Hall–Kier alpha value is -2.64. The number of hydrogen-bond acceptors (Lipinski definition) is 6. The standard InChI is InChI=1S/C16H20N4O4/c1-2-23-14(21)10-12-17-11-6-7-13(19-15(11)18-12)24-16(22)20-8-4-3-5-9-20/h6-7H,2-5,8-10H2,1H3,(H,17,18,19). The normalized spacial score (nSPS) is 14.6. The fourth-order valence-electron chi connectivity index (χ4n) is 2.64.